The van der Waals surface area contributed by atoms with Gasteiger partial charge in [-0.3, -0.25) is 4.79 Å². The van der Waals surface area contributed by atoms with Crippen molar-refractivity contribution in [3.63, 3.8) is 0 Å². The summed E-state index contributed by atoms with van der Waals surface area (Å²) in [4.78, 5) is 11.5. The quantitative estimate of drug-likeness (QED) is 0.779. The van der Waals surface area contributed by atoms with Crippen molar-refractivity contribution >= 4 is 5.78 Å². The van der Waals surface area contributed by atoms with Crippen LogP contribution in [-0.4, -0.2) is 18.0 Å². The van der Waals surface area contributed by atoms with Gasteiger partial charge in [-0.1, -0.05) is 30.3 Å². The lowest BCUT2D eigenvalue weighted by molar-refractivity contribution is -0.137. The smallest absolute Gasteiger partial charge is 0.191 e. The molecule has 0 fully saturated rings. The molecule has 0 bridgehead atoms. The SMILES string of the molecule is C[C@@H]1OC=CC(=O)[C@H]1OCc1ccccc1. The molecule has 2 atom stereocenters. The van der Waals surface area contributed by atoms with Crippen LogP contribution >= 0.6 is 0 Å². The van der Waals surface area contributed by atoms with Crippen LogP contribution in [-0.2, 0) is 20.9 Å². The summed E-state index contributed by atoms with van der Waals surface area (Å²) in [6.07, 6.45) is 2.12. The monoisotopic (exact) mass is 218 g/mol. The predicted molar refractivity (Wildman–Crippen MR) is 59.7 cm³/mol. The van der Waals surface area contributed by atoms with Crippen LogP contribution < -0.4 is 0 Å². The molecule has 0 saturated carbocycles. The van der Waals surface area contributed by atoms with Crippen molar-refractivity contribution in [1.82, 2.24) is 0 Å². The highest BCUT2D eigenvalue weighted by atomic mass is 16.5. The lowest BCUT2D eigenvalue weighted by Gasteiger charge is -2.24. The molecule has 1 aromatic rings. The van der Waals surface area contributed by atoms with Gasteiger partial charge in [0.15, 0.2) is 11.9 Å². The highest BCUT2D eigenvalue weighted by molar-refractivity contribution is 5.94. The van der Waals surface area contributed by atoms with Gasteiger partial charge in [-0.05, 0) is 12.5 Å². The van der Waals surface area contributed by atoms with Crippen LogP contribution in [0.1, 0.15) is 12.5 Å². The van der Waals surface area contributed by atoms with E-state index in [1.54, 1.807) is 0 Å². The molecule has 0 aliphatic carbocycles. The van der Waals surface area contributed by atoms with Crippen LogP contribution in [0.4, 0.5) is 0 Å². The summed E-state index contributed by atoms with van der Waals surface area (Å²) in [5.41, 5.74) is 1.05. The van der Waals surface area contributed by atoms with E-state index in [1.165, 1.54) is 12.3 Å². The Balaban J connectivity index is 1.95. The van der Waals surface area contributed by atoms with Crippen molar-refractivity contribution in [2.45, 2.75) is 25.7 Å². The van der Waals surface area contributed by atoms with Gasteiger partial charge in [-0.25, -0.2) is 0 Å². The lowest BCUT2D eigenvalue weighted by Crippen LogP contribution is -2.37. The van der Waals surface area contributed by atoms with Gasteiger partial charge in [0.05, 0.1) is 12.9 Å². The van der Waals surface area contributed by atoms with E-state index < -0.39 is 6.10 Å². The van der Waals surface area contributed by atoms with Gasteiger partial charge in [0.1, 0.15) is 6.10 Å². The van der Waals surface area contributed by atoms with Crippen molar-refractivity contribution in [3.8, 4) is 0 Å². The van der Waals surface area contributed by atoms with Crippen molar-refractivity contribution in [1.29, 1.82) is 0 Å². The van der Waals surface area contributed by atoms with Gasteiger partial charge < -0.3 is 9.47 Å². The Bertz CT molecular complexity index is 383. The largest absolute Gasteiger partial charge is 0.495 e. The maximum absolute atomic E-state index is 11.5. The average molecular weight is 218 g/mol. The van der Waals surface area contributed by atoms with Crippen LogP contribution in [0.25, 0.3) is 0 Å². The summed E-state index contributed by atoms with van der Waals surface area (Å²) < 4.78 is 10.8. The number of hydrogen-bond acceptors (Lipinski definition) is 3. The van der Waals surface area contributed by atoms with Gasteiger partial charge in [-0.2, -0.15) is 0 Å². The zero-order valence-electron chi connectivity index (χ0n) is 9.13. The molecular weight excluding hydrogens is 204 g/mol. The minimum Gasteiger partial charge on any atom is -0.495 e. The maximum atomic E-state index is 11.5. The Hall–Kier alpha value is -1.61. The Kier molecular flexibility index (Phi) is 3.37. The number of ketones is 1. The predicted octanol–water partition coefficient (Wildman–Crippen LogP) is 2.07. The standard InChI is InChI=1S/C13H14O3/c1-10-13(12(14)7-8-15-10)16-9-11-5-3-2-4-6-11/h2-8,10,13H,9H2,1H3/t10-,13-/m0/s1. The summed E-state index contributed by atoms with van der Waals surface area (Å²) in [7, 11) is 0. The van der Waals surface area contributed by atoms with E-state index >= 15 is 0 Å². The molecule has 1 heterocycles. The van der Waals surface area contributed by atoms with E-state index in [1.807, 2.05) is 37.3 Å². The molecule has 1 aliphatic rings. The molecule has 3 heteroatoms. The molecule has 2 rings (SSSR count). The van der Waals surface area contributed by atoms with Crippen LogP contribution in [0.3, 0.4) is 0 Å². The minimum atomic E-state index is -0.495. The van der Waals surface area contributed by atoms with Crippen LogP contribution in [0.5, 0.6) is 0 Å². The fourth-order valence-corrected chi connectivity index (χ4v) is 1.61. The molecule has 1 aliphatic heterocycles. The first-order chi connectivity index (χ1) is 7.77. The molecule has 0 radical (unpaired) electrons. The minimum absolute atomic E-state index is 0.0327. The molecule has 84 valence electrons. The molecule has 0 spiro atoms. The maximum Gasteiger partial charge on any atom is 0.191 e. The Morgan fingerprint density at radius 3 is 2.75 bits per heavy atom. The molecule has 0 unspecified atom stereocenters. The van der Waals surface area contributed by atoms with Crippen molar-refractivity contribution < 1.29 is 14.3 Å². The molecular formula is C13H14O3. The Morgan fingerprint density at radius 2 is 2.06 bits per heavy atom. The van der Waals surface area contributed by atoms with Crippen molar-refractivity contribution in [3.05, 3.63) is 48.2 Å². The number of hydrogen-bond donors (Lipinski definition) is 0. The van der Waals surface area contributed by atoms with E-state index in [9.17, 15) is 4.79 Å². The topological polar surface area (TPSA) is 35.5 Å². The third-order valence-corrected chi connectivity index (χ3v) is 2.50. The molecule has 1 aromatic carbocycles. The highest BCUT2D eigenvalue weighted by Gasteiger charge is 2.27. The number of carbonyl (C=O) groups excluding carboxylic acids is 1. The van der Waals surface area contributed by atoms with Crippen LogP contribution in [0, 0.1) is 0 Å². The van der Waals surface area contributed by atoms with Gasteiger partial charge in [0.2, 0.25) is 0 Å². The number of rotatable bonds is 3. The van der Waals surface area contributed by atoms with E-state index in [2.05, 4.69) is 0 Å². The summed E-state index contributed by atoms with van der Waals surface area (Å²) >= 11 is 0. The van der Waals surface area contributed by atoms with Crippen molar-refractivity contribution in [2.75, 3.05) is 0 Å². The highest BCUT2D eigenvalue weighted by Crippen LogP contribution is 2.14. The third kappa shape index (κ3) is 2.49. The van der Waals surface area contributed by atoms with Crippen LogP contribution in [0.2, 0.25) is 0 Å². The van der Waals surface area contributed by atoms with Gasteiger partial charge >= 0.3 is 0 Å². The van der Waals surface area contributed by atoms with E-state index in [-0.39, 0.29) is 11.9 Å². The van der Waals surface area contributed by atoms with E-state index in [0.29, 0.717) is 6.61 Å². The van der Waals surface area contributed by atoms with E-state index in [0.717, 1.165) is 5.56 Å². The van der Waals surface area contributed by atoms with Crippen LogP contribution in [0.15, 0.2) is 42.7 Å². The number of benzene rings is 1. The lowest BCUT2D eigenvalue weighted by atomic mass is 10.1. The normalized spacial score (nSPS) is 24.2. The zero-order valence-corrected chi connectivity index (χ0v) is 9.13. The summed E-state index contributed by atoms with van der Waals surface area (Å²) in [5.74, 6) is -0.0327. The second-order valence-electron chi connectivity index (χ2n) is 3.76. The molecule has 0 saturated heterocycles. The first-order valence-corrected chi connectivity index (χ1v) is 5.29. The van der Waals surface area contributed by atoms with Crippen molar-refractivity contribution in [2.24, 2.45) is 0 Å². The molecule has 3 nitrogen and oxygen atoms in total. The number of ether oxygens (including phenoxy) is 2. The fraction of sp³-hybridized carbons (Fsp3) is 0.308. The average Bonchev–Trinajstić information content (AvgIpc) is 2.30. The zero-order chi connectivity index (χ0) is 11.4. The third-order valence-electron chi connectivity index (χ3n) is 2.50. The van der Waals surface area contributed by atoms with E-state index in [4.69, 9.17) is 9.47 Å². The summed E-state index contributed by atoms with van der Waals surface area (Å²) in [6, 6.07) is 9.77. The first-order valence-electron chi connectivity index (χ1n) is 5.29. The molecule has 0 N–H and O–H groups in total. The summed E-state index contributed by atoms with van der Waals surface area (Å²) in [6.45, 7) is 2.26. The first kappa shape index (κ1) is 10.9. The Morgan fingerprint density at radius 1 is 1.31 bits per heavy atom. The van der Waals surface area contributed by atoms with Gasteiger partial charge in [0, 0.05) is 6.08 Å². The molecule has 16 heavy (non-hydrogen) atoms. The fourth-order valence-electron chi connectivity index (χ4n) is 1.61. The second-order valence-corrected chi connectivity index (χ2v) is 3.76. The van der Waals surface area contributed by atoms with Gasteiger partial charge in [-0.15, -0.1) is 0 Å². The number of carbonyl (C=O) groups is 1. The Labute approximate surface area is 94.7 Å². The summed E-state index contributed by atoms with van der Waals surface area (Å²) in [5, 5.41) is 0. The second kappa shape index (κ2) is 4.94. The van der Waals surface area contributed by atoms with Gasteiger partial charge in [0.25, 0.3) is 0 Å². The molecule has 0 aromatic heterocycles. The molecule has 0 amide bonds.